The molecule has 0 aliphatic heterocycles. The summed E-state index contributed by atoms with van der Waals surface area (Å²) in [6.07, 6.45) is 3.23. The monoisotopic (exact) mass is 253 g/mol. The first-order valence-corrected chi connectivity index (χ1v) is 5.63. The van der Waals surface area contributed by atoms with E-state index in [-0.39, 0.29) is 0 Å². The molecular formula is C12H19N3O3. The molecule has 6 nitrogen and oxygen atoms in total. The molecule has 18 heavy (non-hydrogen) atoms. The highest BCUT2D eigenvalue weighted by atomic mass is 16.6. The molecule has 100 valence electrons. The van der Waals surface area contributed by atoms with E-state index in [1.807, 2.05) is 0 Å². The lowest BCUT2D eigenvalue weighted by Gasteiger charge is -2.34. The molecule has 1 rings (SSSR count). The fourth-order valence-corrected chi connectivity index (χ4v) is 1.39. The van der Waals surface area contributed by atoms with Crippen molar-refractivity contribution in [3.63, 3.8) is 0 Å². The molecule has 0 radical (unpaired) electrons. The minimum Gasteiger partial charge on any atom is -0.444 e. The topological polar surface area (TPSA) is 75.3 Å². The summed E-state index contributed by atoms with van der Waals surface area (Å²) in [5.41, 5.74) is -1.10. The molecule has 1 atom stereocenters. The maximum Gasteiger partial charge on any atom is 0.411 e. The van der Waals surface area contributed by atoms with E-state index in [1.54, 1.807) is 33.9 Å². The van der Waals surface area contributed by atoms with Crippen LogP contribution in [-0.4, -0.2) is 40.1 Å². The molecule has 0 fully saturated rings. The number of carbonyl (C=O) groups is 2. The van der Waals surface area contributed by atoms with Gasteiger partial charge in [0.2, 0.25) is 0 Å². The van der Waals surface area contributed by atoms with Crippen molar-refractivity contribution < 1.29 is 14.3 Å². The maximum atomic E-state index is 12.0. The number of nitrogens with zero attached hydrogens (tertiary/aromatic N) is 2. The number of H-pyrrole nitrogens is 1. The smallest absolute Gasteiger partial charge is 0.411 e. The Balaban J connectivity index is 2.96. The van der Waals surface area contributed by atoms with E-state index in [0.717, 1.165) is 0 Å². The number of hydrogen-bond donors (Lipinski definition) is 1. The number of amides is 1. The molecule has 6 heteroatoms. The van der Waals surface area contributed by atoms with Crippen LogP contribution in [0.3, 0.4) is 0 Å². The maximum absolute atomic E-state index is 12.0. The number of ether oxygens (including phenoxy) is 1. The summed E-state index contributed by atoms with van der Waals surface area (Å²) >= 11 is 0. The molecule has 0 spiro atoms. The van der Waals surface area contributed by atoms with Gasteiger partial charge in [0.05, 0.1) is 6.20 Å². The van der Waals surface area contributed by atoms with Crippen LogP contribution in [0.1, 0.15) is 33.3 Å². The van der Waals surface area contributed by atoms with Crippen LogP contribution in [0.2, 0.25) is 0 Å². The zero-order valence-electron chi connectivity index (χ0n) is 11.4. The molecule has 0 saturated carbocycles. The molecule has 0 aromatic carbocycles. The standard InChI is InChI=1S/C12H19N3O3/c1-11(2,3)18-10(17)15(5)12(4,8-16)9-6-13-14-7-9/h6-8H,1-5H3,(H,13,14). The molecule has 1 heterocycles. The largest absolute Gasteiger partial charge is 0.444 e. The summed E-state index contributed by atoms with van der Waals surface area (Å²) in [6, 6.07) is 0. The van der Waals surface area contributed by atoms with Crippen LogP contribution in [0, 0.1) is 0 Å². The van der Waals surface area contributed by atoms with Gasteiger partial charge in [0.1, 0.15) is 17.4 Å². The third kappa shape index (κ3) is 2.88. The normalized spacial score (nSPS) is 14.7. The Hall–Kier alpha value is -1.85. The minimum atomic E-state index is -1.10. The van der Waals surface area contributed by atoms with E-state index in [0.29, 0.717) is 11.8 Å². The second kappa shape index (κ2) is 4.80. The Labute approximate surface area is 106 Å². The highest BCUT2D eigenvalue weighted by Crippen LogP contribution is 2.25. The Bertz CT molecular complexity index is 422. The highest BCUT2D eigenvalue weighted by molar-refractivity contribution is 5.77. The van der Waals surface area contributed by atoms with Gasteiger partial charge >= 0.3 is 6.09 Å². The first-order chi connectivity index (χ1) is 8.20. The lowest BCUT2D eigenvalue weighted by Crippen LogP contribution is -2.48. The van der Waals surface area contributed by atoms with Crippen molar-refractivity contribution in [3.8, 4) is 0 Å². The molecule has 0 aliphatic carbocycles. The van der Waals surface area contributed by atoms with Crippen molar-refractivity contribution in [3.05, 3.63) is 18.0 Å². The van der Waals surface area contributed by atoms with Gasteiger partial charge in [-0.15, -0.1) is 0 Å². The fraction of sp³-hybridized carbons (Fsp3) is 0.583. The van der Waals surface area contributed by atoms with Gasteiger partial charge in [0, 0.05) is 18.8 Å². The SMILES string of the molecule is CN(C(=O)OC(C)(C)C)C(C)(C=O)c1cn[nH]c1. The van der Waals surface area contributed by atoms with Crippen LogP contribution in [-0.2, 0) is 15.1 Å². The predicted octanol–water partition coefficient (Wildman–Crippen LogP) is 1.69. The van der Waals surface area contributed by atoms with E-state index >= 15 is 0 Å². The Morgan fingerprint density at radius 2 is 2.06 bits per heavy atom. The average molecular weight is 253 g/mol. The highest BCUT2D eigenvalue weighted by Gasteiger charge is 2.37. The van der Waals surface area contributed by atoms with Crippen molar-refractivity contribution >= 4 is 12.4 Å². The molecule has 1 aromatic heterocycles. The van der Waals surface area contributed by atoms with E-state index in [4.69, 9.17) is 4.74 Å². The van der Waals surface area contributed by atoms with Gasteiger partial charge in [-0.1, -0.05) is 0 Å². The van der Waals surface area contributed by atoms with E-state index < -0.39 is 17.2 Å². The molecular weight excluding hydrogens is 234 g/mol. The minimum absolute atomic E-state index is 0.557. The third-order valence-corrected chi connectivity index (χ3v) is 2.68. The summed E-state index contributed by atoms with van der Waals surface area (Å²) < 4.78 is 5.24. The van der Waals surface area contributed by atoms with Gasteiger partial charge in [-0.05, 0) is 27.7 Å². The fourth-order valence-electron chi connectivity index (χ4n) is 1.39. The van der Waals surface area contributed by atoms with Gasteiger partial charge in [-0.3, -0.25) is 10.00 Å². The second-order valence-corrected chi connectivity index (χ2v) is 5.29. The van der Waals surface area contributed by atoms with Crippen molar-refractivity contribution in [2.45, 2.75) is 38.8 Å². The van der Waals surface area contributed by atoms with E-state index in [9.17, 15) is 9.59 Å². The van der Waals surface area contributed by atoms with Gasteiger partial charge < -0.3 is 9.53 Å². The van der Waals surface area contributed by atoms with Crippen molar-refractivity contribution in [2.24, 2.45) is 0 Å². The van der Waals surface area contributed by atoms with Gasteiger partial charge in [-0.2, -0.15) is 5.10 Å². The predicted molar refractivity (Wildman–Crippen MR) is 66.0 cm³/mol. The average Bonchev–Trinajstić information content (AvgIpc) is 2.78. The number of aromatic nitrogens is 2. The zero-order chi connectivity index (χ0) is 14.0. The van der Waals surface area contributed by atoms with Gasteiger partial charge in [-0.25, -0.2) is 4.79 Å². The van der Waals surface area contributed by atoms with Crippen molar-refractivity contribution in [1.29, 1.82) is 0 Å². The number of rotatable bonds is 3. The quantitative estimate of drug-likeness (QED) is 0.832. The van der Waals surface area contributed by atoms with Crippen molar-refractivity contribution in [2.75, 3.05) is 7.05 Å². The number of nitrogens with one attached hydrogen (secondary N) is 1. The lowest BCUT2D eigenvalue weighted by atomic mass is 9.95. The molecule has 1 unspecified atom stereocenters. The number of hydrogen-bond acceptors (Lipinski definition) is 4. The number of carbonyl (C=O) groups excluding carboxylic acids is 2. The summed E-state index contributed by atoms with van der Waals surface area (Å²) in [4.78, 5) is 24.6. The molecule has 1 amide bonds. The Kier molecular flexibility index (Phi) is 3.79. The summed E-state index contributed by atoms with van der Waals surface area (Å²) in [6.45, 7) is 6.95. The molecule has 0 bridgehead atoms. The molecule has 0 aliphatic rings. The zero-order valence-corrected chi connectivity index (χ0v) is 11.4. The second-order valence-electron chi connectivity index (χ2n) is 5.29. The Morgan fingerprint density at radius 1 is 1.44 bits per heavy atom. The third-order valence-electron chi connectivity index (χ3n) is 2.68. The molecule has 0 saturated heterocycles. The number of aromatic amines is 1. The Morgan fingerprint density at radius 3 is 2.44 bits per heavy atom. The first-order valence-electron chi connectivity index (χ1n) is 5.63. The lowest BCUT2D eigenvalue weighted by molar-refractivity contribution is -0.117. The summed E-state index contributed by atoms with van der Waals surface area (Å²) in [7, 11) is 1.52. The summed E-state index contributed by atoms with van der Waals surface area (Å²) in [5, 5.41) is 6.41. The molecule has 1 N–H and O–H groups in total. The number of likely N-dealkylation sites (N-methyl/N-ethyl adjacent to an activating group) is 1. The van der Waals surface area contributed by atoms with Gasteiger partial charge in [0.15, 0.2) is 0 Å². The van der Waals surface area contributed by atoms with Crippen LogP contribution >= 0.6 is 0 Å². The van der Waals surface area contributed by atoms with Crippen LogP contribution in [0.25, 0.3) is 0 Å². The molecule has 1 aromatic rings. The number of aldehydes is 1. The van der Waals surface area contributed by atoms with E-state index in [2.05, 4.69) is 10.2 Å². The van der Waals surface area contributed by atoms with Gasteiger partial charge in [0.25, 0.3) is 0 Å². The summed E-state index contributed by atoms with van der Waals surface area (Å²) in [5.74, 6) is 0. The van der Waals surface area contributed by atoms with Crippen LogP contribution in [0.5, 0.6) is 0 Å². The van der Waals surface area contributed by atoms with Crippen molar-refractivity contribution in [1.82, 2.24) is 15.1 Å². The van der Waals surface area contributed by atoms with Crippen LogP contribution in [0.4, 0.5) is 4.79 Å². The first kappa shape index (κ1) is 14.2. The van der Waals surface area contributed by atoms with Crippen LogP contribution in [0.15, 0.2) is 12.4 Å². The van der Waals surface area contributed by atoms with Crippen LogP contribution < -0.4 is 0 Å². The van der Waals surface area contributed by atoms with E-state index in [1.165, 1.54) is 18.1 Å².